The third kappa shape index (κ3) is 3.94. The Labute approximate surface area is 111 Å². The molecule has 0 fully saturated rings. The van der Waals surface area contributed by atoms with Gasteiger partial charge >= 0.3 is 11.9 Å². The highest BCUT2D eigenvalue weighted by Crippen LogP contribution is 2.22. The maximum Gasteiger partial charge on any atom is 0.324 e. The summed E-state index contributed by atoms with van der Waals surface area (Å²) in [6.45, 7) is 3.71. The fourth-order valence-corrected chi connectivity index (χ4v) is 1.52. The van der Waals surface area contributed by atoms with Crippen LogP contribution in [-0.2, 0) is 19.1 Å². The van der Waals surface area contributed by atoms with Crippen LogP contribution in [0.3, 0.4) is 0 Å². The number of carbonyl (C=O) groups is 2. The Hall–Kier alpha value is -2.11. The van der Waals surface area contributed by atoms with Gasteiger partial charge in [-0.25, -0.2) is 0 Å². The SMILES string of the molecule is CCOC(=O)C(C(=O)OCC)c1cncc(OC)c1. The van der Waals surface area contributed by atoms with Crippen molar-refractivity contribution >= 4 is 11.9 Å². The molecule has 0 bridgehead atoms. The zero-order valence-electron chi connectivity index (χ0n) is 11.2. The van der Waals surface area contributed by atoms with E-state index in [1.165, 1.54) is 19.5 Å². The number of carbonyl (C=O) groups excluding carboxylic acids is 2. The van der Waals surface area contributed by atoms with E-state index in [0.717, 1.165) is 0 Å². The Morgan fingerprint density at radius 2 is 1.74 bits per heavy atom. The van der Waals surface area contributed by atoms with Crippen LogP contribution in [0.4, 0.5) is 0 Å². The first-order valence-corrected chi connectivity index (χ1v) is 5.96. The molecule has 0 aliphatic heterocycles. The van der Waals surface area contributed by atoms with Gasteiger partial charge in [0, 0.05) is 6.20 Å². The van der Waals surface area contributed by atoms with E-state index in [1.54, 1.807) is 19.9 Å². The van der Waals surface area contributed by atoms with E-state index in [2.05, 4.69) is 4.98 Å². The molecule has 104 valence electrons. The number of ether oxygens (including phenoxy) is 3. The number of hydrogen-bond donors (Lipinski definition) is 0. The predicted molar refractivity (Wildman–Crippen MR) is 66.8 cm³/mol. The molecule has 0 aliphatic carbocycles. The highest BCUT2D eigenvalue weighted by molar-refractivity contribution is 6.00. The van der Waals surface area contributed by atoms with Crippen molar-refractivity contribution in [2.75, 3.05) is 20.3 Å². The van der Waals surface area contributed by atoms with Crippen molar-refractivity contribution in [3.05, 3.63) is 24.0 Å². The molecule has 0 amide bonds. The minimum absolute atomic E-state index is 0.187. The molecule has 0 aliphatic rings. The van der Waals surface area contributed by atoms with Gasteiger partial charge in [0.25, 0.3) is 0 Å². The highest BCUT2D eigenvalue weighted by Gasteiger charge is 2.32. The predicted octanol–water partition coefficient (Wildman–Crippen LogP) is 1.30. The molecule has 1 rings (SSSR count). The van der Waals surface area contributed by atoms with Crippen molar-refractivity contribution in [2.45, 2.75) is 19.8 Å². The van der Waals surface area contributed by atoms with Gasteiger partial charge in [-0.05, 0) is 25.5 Å². The molecule has 6 nitrogen and oxygen atoms in total. The maximum atomic E-state index is 11.9. The van der Waals surface area contributed by atoms with Gasteiger partial charge in [0.05, 0.1) is 26.5 Å². The van der Waals surface area contributed by atoms with Gasteiger partial charge in [-0.15, -0.1) is 0 Å². The number of nitrogens with zero attached hydrogens (tertiary/aromatic N) is 1. The van der Waals surface area contributed by atoms with Crippen molar-refractivity contribution in [3.63, 3.8) is 0 Å². The van der Waals surface area contributed by atoms with Crippen LogP contribution in [0.15, 0.2) is 18.5 Å². The normalized spacial score (nSPS) is 10.1. The first-order valence-electron chi connectivity index (χ1n) is 5.96. The number of esters is 2. The number of pyridine rings is 1. The lowest BCUT2D eigenvalue weighted by molar-refractivity contribution is -0.156. The summed E-state index contributed by atoms with van der Waals surface area (Å²) in [5.74, 6) is -1.99. The molecular formula is C13H17NO5. The lowest BCUT2D eigenvalue weighted by Gasteiger charge is -2.14. The van der Waals surface area contributed by atoms with Crippen LogP contribution < -0.4 is 4.74 Å². The van der Waals surface area contributed by atoms with Crippen LogP contribution >= 0.6 is 0 Å². The van der Waals surface area contributed by atoms with E-state index >= 15 is 0 Å². The van der Waals surface area contributed by atoms with Crippen LogP contribution in [0, 0.1) is 0 Å². The van der Waals surface area contributed by atoms with Crippen LogP contribution in [0.2, 0.25) is 0 Å². The molecule has 0 atom stereocenters. The van der Waals surface area contributed by atoms with Gasteiger partial charge in [0.15, 0.2) is 5.92 Å². The number of methoxy groups -OCH3 is 1. The summed E-state index contributed by atoms with van der Waals surface area (Å²) in [6, 6.07) is 1.56. The monoisotopic (exact) mass is 267 g/mol. The first-order chi connectivity index (χ1) is 9.13. The Morgan fingerprint density at radius 3 is 2.21 bits per heavy atom. The summed E-state index contributed by atoms with van der Waals surface area (Å²) in [5.41, 5.74) is 0.385. The summed E-state index contributed by atoms with van der Waals surface area (Å²) in [7, 11) is 1.48. The first kappa shape index (κ1) is 14.9. The zero-order chi connectivity index (χ0) is 14.3. The number of hydrogen-bond acceptors (Lipinski definition) is 6. The third-order valence-electron chi connectivity index (χ3n) is 2.35. The molecule has 1 aromatic heterocycles. The molecule has 1 heterocycles. The fourth-order valence-electron chi connectivity index (χ4n) is 1.52. The van der Waals surface area contributed by atoms with Crippen molar-refractivity contribution in [1.82, 2.24) is 4.98 Å². The van der Waals surface area contributed by atoms with Gasteiger partial charge in [-0.2, -0.15) is 0 Å². The number of rotatable bonds is 6. The molecule has 1 aromatic rings. The topological polar surface area (TPSA) is 74.7 Å². The second-order valence-electron chi connectivity index (χ2n) is 3.60. The van der Waals surface area contributed by atoms with E-state index in [4.69, 9.17) is 14.2 Å². The van der Waals surface area contributed by atoms with E-state index in [1.807, 2.05) is 0 Å². The maximum absolute atomic E-state index is 11.9. The van der Waals surface area contributed by atoms with Gasteiger partial charge in [-0.3, -0.25) is 14.6 Å². The summed E-state index contributed by atoms with van der Waals surface area (Å²) in [5, 5.41) is 0. The molecule has 0 aromatic carbocycles. The molecule has 0 unspecified atom stereocenters. The zero-order valence-corrected chi connectivity index (χ0v) is 11.2. The van der Waals surface area contributed by atoms with Gasteiger partial charge in [-0.1, -0.05) is 0 Å². The van der Waals surface area contributed by atoms with Gasteiger partial charge in [0.1, 0.15) is 5.75 Å². The molecule has 6 heteroatoms. The Morgan fingerprint density at radius 1 is 1.16 bits per heavy atom. The minimum Gasteiger partial charge on any atom is -0.495 e. The van der Waals surface area contributed by atoms with Crippen LogP contribution in [0.1, 0.15) is 25.3 Å². The summed E-state index contributed by atoms with van der Waals surface area (Å²) in [4.78, 5) is 27.7. The quantitative estimate of drug-likeness (QED) is 0.571. The molecule has 19 heavy (non-hydrogen) atoms. The van der Waals surface area contributed by atoms with Crippen molar-refractivity contribution in [2.24, 2.45) is 0 Å². The smallest absolute Gasteiger partial charge is 0.324 e. The molecule has 0 radical (unpaired) electrons. The van der Waals surface area contributed by atoms with E-state index in [-0.39, 0.29) is 13.2 Å². The molecule has 0 spiro atoms. The fraction of sp³-hybridized carbons (Fsp3) is 0.462. The largest absolute Gasteiger partial charge is 0.495 e. The van der Waals surface area contributed by atoms with Gasteiger partial charge < -0.3 is 14.2 Å². The summed E-state index contributed by atoms with van der Waals surface area (Å²) >= 11 is 0. The average Bonchev–Trinajstić information content (AvgIpc) is 2.40. The van der Waals surface area contributed by atoms with E-state index in [0.29, 0.717) is 11.3 Å². The summed E-state index contributed by atoms with van der Waals surface area (Å²) < 4.78 is 14.8. The molecular weight excluding hydrogens is 250 g/mol. The highest BCUT2D eigenvalue weighted by atomic mass is 16.6. The van der Waals surface area contributed by atoms with Crippen molar-refractivity contribution in [3.8, 4) is 5.75 Å². The Kier molecular flexibility index (Phi) is 5.78. The van der Waals surface area contributed by atoms with Crippen molar-refractivity contribution in [1.29, 1.82) is 0 Å². The molecule has 0 saturated carbocycles. The number of aromatic nitrogens is 1. The lowest BCUT2D eigenvalue weighted by Crippen LogP contribution is -2.26. The second-order valence-corrected chi connectivity index (χ2v) is 3.60. The van der Waals surface area contributed by atoms with Crippen LogP contribution in [-0.4, -0.2) is 37.2 Å². The van der Waals surface area contributed by atoms with E-state index in [9.17, 15) is 9.59 Å². The van der Waals surface area contributed by atoms with Crippen LogP contribution in [0.25, 0.3) is 0 Å². The molecule has 0 N–H and O–H groups in total. The Balaban J connectivity index is 3.07. The average molecular weight is 267 g/mol. The second kappa shape index (κ2) is 7.35. The third-order valence-corrected chi connectivity index (χ3v) is 2.35. The Bertz CT molecular complexity index is 428. The minimum atomic E-state index is -1.14. The van der Waals surface area contributed by atoms with Gasteiger partial charge in [0.2, 0.25) is 0 Å². The van der Waals surface area contributed by atoms with Crippen molar-refractivity contribution < 1.29 is 23.8 Å². The lowest BCUT2D eigenvalue weighted by atomic mass is 10.0. The van der Waals surface area contributed by atoms with E-state index < -0.39 is 17.9 Å². The summed E-state index contributed by atoms with van der Waals surface area (Å²) in [6.07, 6.45) is 2.90. The standard InChI is InChI=1S/C13H17NO5/c1-4-18-12(15)11(13(16)19-5-2)9-6-10(17-3)8-14-7-9/h6-8,11H,4-5H2,1-3H3. The van der Waals surface area contributed by atoms with Crippen LogP contribution in [0.5, 0.6) is 5.75 Å². The molecule has 0 saturated heterocycles.